The van der Waals surface area contributed by atoms with Crippen molar-refractivity contribution in [3.8, 4) is 0 Å². The molecular weight excluding hydrogens is 195 g/mol. The van der Waals surface area contributed by atoms with E-state index in [1.165, 1.54) is 6.92 Å². The van der Waals surface area contributed by atoms with Crippen molar-refractivity contribution in [1.29, 1.82) is 0 Å². The highest BCUT2D eigenvalue weighted by molar-refractivity contribution is 7.07. The predicted octanol–water partition coefficient (Wildman–Crippen LogP) is 1.83. The molecule has 0 N–H and O–H groups in total. The third kappa shape index (κ3) is 5.54. The van der Waals surface area contributed by atoms with Crippen LogP contribution in [-0.4, -0.2) is 30.4 Å². The highest BCUT2D eigenvalue weighted by atomic mass is 27.2. The highest BCUT2D eigenvalue weighted by Crippen LogP contribution is 1.99. The first-order chi connectivity index (χ1) is 6.63. The SMILES string of the molecule is CCCCC[O][Al]([C](C)=O)[C](=O)CC. The van der Waals surface area contributed by atoms with E-state index in [2.05, 4.69) is 6.92 Å². The van der Waals surface area contributed by atoms with E-state index < -0.39 is 14.5 Å². The maximum Gasteiger partial charge on any atom is 0.632 e. The van der Waals surface area contributed by atoms with Gasteiger partial charge in [-0.1, -0.05) is 26.7 Å². The van der Waals surface area contributed by atoms with Crippen LogP contribution in [0.1, 0.15) is 46.5 Å². The summed E-state index contributed by atoms with van der Waals surface area (Å²) in [6.07, 6.45) is 3.59. The molecule has 0 aliphatic heterocycles. The fourth-order valence-electron chi connectivity index (χ4n) is 1.18. The molecule has 3 nitrogen and oxygen atoms in total. The van der Waals surface area contributed by atoms with Crippen LogP contribution >= 0.6 is 0 Å². The van der Waals surface area contributed by atoms with E-state index in [0.717, 1.165) is 19.3 Å². The minimum atomic E-state index is -2.22. The molecule has 0 aromatic heterocycles. The second-order valence-corrected chi connectivity index (χ2v) is 5.94. The molecule has 0 spiro atoms. The van der Waals surface area contributed by atoms with Gasteiger partial charge in [-0.3, -0.25) is 0 Å². The Morgan fingerprint density at radius 3 is 2.29 bits per heavy atom. The van der Waals surface area contributed by atoms with Crippen LogP contribution in [0.5, 0.6) is 0 Å². The first-order valence-electron chi connectivity index (χ1n) is 5.28. The zero-order valence-electron chi connectivity index (χ0n) is 9.34. The fraction of sp³-hybridized carbons (Fsp3) is 0.800. The summed E-state index contributed by atoms with van der Waals surface area (Å²) in [5, 5.41) is 0. The molecule has 0 heterocycles. The summed E-state index contributed by atoms with van der Waals surface area (Å²) in [4.78, 5) is 22.5. The van der Waals surface area contributed by atoms with Gasteiger partial charge in [-0.15, -0.1) is 0 Å². The lowest BCUT2D eigenvalue weighted by Crippen LogP contribution is -2.37. The van der Waals surface area contributed by atoms with Crippen LogP contribution in [0.25, 0.3) is 0 Å². The standard InChI is InChI=1S/C5H11O.C3H5O.C2H3O.Al/c1-2-3-4-5-6;1-2-3-4;1-2-3;/h2-5H2,1H3;2H2,1H3;1H3;/q-1;;;+1. The number of hydrogen-bond donors (Lipinski definition) is 0. The molecule has 0 fully saturated rings. The minimum absolute atomic E-state index is 0.0222. The largest absolute Gasteiger partial charge is 0.632 e. The van der Waals surface area contributed by atoms with Crippen molar-refractivity contribution in [2.45, 2.75) is 46.5 Å². The Labute approximate surface area is 90.5 Å². The third-order valence-corrected chi connectivity index (χ3v) is 4.34. The molecule has 0 bridgehead atoms. The van der Waals surface area contributed by atoms with Gasteiger partial charge in [0.05, 0.1) is 0 Å². The predicted molar refractivity (Wildman–Crippen MR) is 57.2 cm³/mol. The molecule has 14 heavy (non-hydrogen) atoms. The van der Waals surface area contributed by atoms with Crippen molar-refractivity contribution in [1.82, 2.24) is 0 Å². The van der Waals surface area contributed by atoms with Crippen molar-refractivity contribution < 1.29 is 13.4 Å². The Kier molecular flexibility index (Phi) is 8.07. The minimum Gasteiger partial charge on any atom is -0.491 e. The molecule has 0 atom stereocenters. The van der Waals surface area contributed by atoms with Gasteiger partial charge in [0.25, 0.3) is 0 Å². The number of unbranched alkanes of at least 4 members (excludes halogenated alkanes) is 2. The number of carbonyl (C=O) groups excluding carboxylic acids is 2. The average Bonchev–Trinajstić information content (AvgIpc) is 2.16. The lowest BCUT2D eigenvalue weighted by atomic mass is 10.3. The summed E-state index contributed by atoms with van der Waals surface area (Å²) in [7, 11) is 0. The molecule has 0 saturated carbocycles. The maximum absolute atomic E-state index is 11.3. The Bertz CT molecular complexity index is 192. The topological polar surface area (TPSA) is 43.4 Å². The van der Waals surface area contributed by atoms with E-state index in [4.69, 9.17) is 3.79 Å². The van der Waals surface area contributed by atoms with E-state index in [0.29, 0.717) is 13.0 Å². The van der Waals surface area contributed by atoms with Crippen molar-refractivity contribution in [2.75, 3.05) is 6.61 Å². The quantitative estimate of drug-likeness (QED) is 0.457. The molecule has 0 unspecified atom stereocenters. The summed E-state index contributed by atoms with van der Waals surface area (Å²) in [5.41, 5.74) is 0. The second kappa shape index (κ2) is 8.17. The van der Waals surface area contributed by atoms with Gasteiger partial charge in [-0.25, -0.2) is 0 Å². The molecule has 4 heteroatoms. The summed E-state index contributed by atoms with van der Waals surface area (Å²) >= 11 is -2.22. The first-order valence-corrected chi connectivity index (χ1v) is 6.90. The van der Waals surface area contributed by atoms with Crippen molar-refractivity contribution >= 4 is 23.8 Å². The average molecular weight is 214 g/mol. The van der Waals surface area contributed by atoms with Gasteiger partial charge in [0.1, 0.15) is 9.29 Å². The Morgan fingerprint density at radius 1 is 1.21 bits per heavy atom. The van der Waals surface area contributed by atoms with Crippen LogP contribution < -0.4 is 0 Å². The molecule has 0 saturated heterocycles. The zero-order chi connectivity index (χ0) is 11.0. The van der Waals surface area contributed by atoms with E-state index >= 15 is 0 Å². The van der Waals surface area contributed by atoms with E-state index in [1.54, 1.807) is 6.92 Å². The van der Waals surface area contributed by atoms with Crippen molar-refractivity contribution in [2.24, 2.45) is 0 Å². The monoisotopic (exact) mass is 214 g/mol. The number of hydrogen-bond acceptors (Lipinski definition) is 3. The summed E-state index contributed by atoms with van der Waals surface area (Å²) in [6, 6.07) is 0. The van der Waals surface area contributed by atoms with Gasteiger partial charge in [-0.05, 0) is 19.8 Å². The molecule has 0 aromatic rings. The summed E-state index contributed by atoms with van der Waals surface area (Å²) in [5.74, 6) is 0. The van der Waals surface area contributed by atoms with Crippen LogP contribution in [0.15, 0.2) is 0 Å². The maximum atomic E-state index is 11.3. The highest BCUT2D eigenvalue weighted by Gasteiger charge is 2.35. The molecular formula is C10H19AlO3. The lowest BCUT2D eigenvalue weighted by Gasteiger charge is -2.07. The molecule has 0 radical (unpaired) electrons. The van der Waals surface area contributed by atoms with Gasteiger partial charge < -0.3 is 13.4 Å². The molecule has 0 amide bonds. The van der Waals surface area contributed by atoms with Crippen LogP contribution in [0.2, 0.25) is 0 Å². The Morgan fingerprint density at radius 2 is 1.86 bits per heavy atom. The number of carbonyl (C=O) groups is 2. The summed E-state index contributed by atoms with van der Waals surface area (Å²) in [6.45, 7) is 5.91. The van der Waals surface area contributed by atoms with Crippen LogP contribution in [0.4, 0.5) is 0 Å². The van der Waals surface area contributed by atoms with E-state index in [9.17, 15) is 9.59 Å². The van der Waals surface area contributed by atoms with Gasteiger partial charge in [0.2, 0.25) is 0 Å². The lowest BCUT2D eigenvalue weighted by molar-refractivity contribution is -0.116. The molecule has 80 valence electrons. The smallest absolute Gasteiger partial charge is 0.491 e. The van der Waals surface area contributed by atoms with Crippen LogP contribution in [0, 0.1) is 0 Å². The third-order valence-electron chi connectivity index (χ3n) is 2.04. The van der Waals surface area contributed by atoms with Crippen LogP contribution in [0.3, 0.4) is 0 Å². The van der Waals surface area contributed by atoms with Gasteiger partial charge in [0, 0.05) is 6.61 Å². The van der Waals surface area contributed by atoms with Crippen molar-refractivity contribution in [3.05, 3.63) is 0 Å². The normalized spacial score (nSPS) is 9.93. The van der Waals surface area contributed by atoms with Crippen molar-refractivity contribution in [3.63, 3.8) is 0 Å². The fourth-order valence-corrected chi connectivity index (χ4v) is 2.82. The second-order valence-electron chi connectivity index (χ2n) is 3.39. The zero-order valence-corrected chi connectivity index (χ0v) is 10.5. The molecule has 0 aliphatic rings. The number of rotatable bonds is 8. The van der Waals surface area contributed by atoms with E-state index in [1.807, 2.05) is 0 Å². The summed E-state index contributed by atoms with van der Waals surface area (Å²) < 4.78 is 5.37. The Balaban J connectivity index is 3.86. The van der Waals surface area contributed by atoms with Crippen LogP contribution in [-0.2, 0) is 13.4 Å². The molecule has 0 aromatic carbocycles. The van der Waals surface area contributed by atoms with Gasteiger partial charge in [0.15, 0.2) is 0 Å². The van der Waals surface area contributed by atoms with Gasteiger partial charge in [-0.2, -0.15) is 0 Å². The van der Waals surface area contributed by atoms with Gasteiger partial charge >= 0.3 is 14.5 Å². The Hall–Kier alpha value is -0.168. The first kappa shape index (κ1) is 13.8. The molecule has 0 aliphatic carbocycles. The van der Waals surface area contributed by atoms with E-state index in [-0.39, 0.29) is 9.29 Å². The molecule has 0 rings (SSSR count).